The van der Waals surface area contributed by atoms with Gasteiger partial charge in [-0.3, -0.25) is 0 Å². The van der Waals surface area contributed by atoms with E-state index in [1.165, 1.54) is 21.3 Å². The van der Waals surface area contributed by atoms with E-state index >= 15 is 0 Å². The van der Waals surface area contributed by atoms with Gasteiger partial charge in [0.25, 0.3) is 0 Å². The molecule has 0 spiro atoms. The van der Waals surface area contributed by atoms with Gasteiger partial charge >= 0.3 is 0 Å². The molecule has 3 heteroatoms. The van der Waals surface area contributed by atoms with Crippen molar-refractivity contribution < 1.29 is 0 Å². The molecule has 0 aliphatic heterocycles. The number of nitrogens with two attached hydrogens (primary N) is 1. The van der Waals surface area contributed by atoms with Crippen molar-refractivity contribution in [1.82, 2.24) is 0 Å². The quantitative estimate of drug-likeness (QED) is 0.638. The van der Waals surface area contributed by atoms with E-state index in [0.29, 0.717) is 6.04 Å². The first-order chi connectivity index (χ1) is 7.22. The van der Waals surface area contributed by atoms with Gasteiger partial charge in [-0.2, -0.15) is 11.8 Å². The normalized spacial score (nSPS) is 12.7. The second kappa shape index (κ2) is 7.52. The number of halogens is 1. The predicted molar refractivity (Wildman–Crippen MR) is 78.5 cm³/mol. The van der Waals surface area contributed by atoms with Crippen LogP contribution in [0.4, 0.5) is 0 Å². The number of hydrogen-bond donors (Lipinski definition) is 1. The van der Waals surface area contributed by atoms with Crippen molar-refractivity contribution >= 4 is 34.4 Å². The summed E-state index contributed by atoms with van der Waals surface area (Å²) in [5.41, 5.74) is 7.41. The molecule has 84 valence electrons. The zero-order chi connectivity index (χ0) is 11.1. The molecule has 0 fully saturated rings. The van der Waals surface area contributed by atoms with Crippen LogP contribution >= 0.6 is 34.4 Å². The Morgan fingerprint density at radius 2 is 2.00 bits per heavy atom. The van der Waals surface area contributed by atoms with Crippen molar-refractivity contribution in [2.45, 2.75) is 25.8 Å². The van der Waals surface area contributed by atoms with E-state index < -0.39 is 0 Å². The lowest BCUT2D eigenvalue weighted by Gasteiger charge is -2.10. The lowest BCUT2D eigenvalue weighted by atomic mass is 10.1. The molecule has 0 saturated carbocycles. The van der Waals surface area contributed by atoms with Crippen molar-refractivity contribution in [3.63, 3.8) is 0 Å². The SMILES string of the molecule is CCCSCC(N)Cc1ccc(I)cc1. The highest BCUT2D eigenvalue weighted by molar-refractivity contribution is 14.1. The van der Waals surface area contributed by atoms with E-state index in [0.717, 1.165) is 12.2 Å². The summed E-state index contributed by atoms with van der Waals surface area (Å²) in [5.74, 6) is 2.29. The molecule has 0 heterocycles. The van der Waals surface area contributed by atoms with Gasteiger partial charge in [0, 0.05) is 15.4 Å². The first kappa shape index (κ1) is 13.3. The molecule has 1 aromatic rings. The molecule has 1 aromatic carbocycles. The average Bonchev–Trinajstić information content (AvgIpc) is 2.22. The number of hydrogen-bond acceptors (Lipinski definition) is 2. The van der Waals surface area contributed by atoms with Crippen molar-refractivity contribution in [2.24, 2.45) is 5.73 Å². The smallest absolute Gasteiger partial charge is 0.0171 e. The highest BCUT2D eigenvalue weighted by atomic mass is 127. The fraction of sp³-hybridized carbons (Fsp3) is 0.500. The first-order valence-corrected chi connectivity index (χ1v) is 7.53. The van der Waals surface area contributed by atoms with E-state index in [4.69, 9.17) is 5.73 Å². The molecule has 0 aromatic heterocycles. The summed E-state index contributed by atoms with van der Waals surface area (Å²) in [7, 11) is 0. The Morgan fingerprint density at radius 1 is 1.33 bits per heavy atom. The van der Waals surface area contributed by atoms with Crippen LogP contribution in [-0.4, -0.2) is 17.5 Å². The topological polar surface area (TPSA) is 26.0 Å². The summed E-state index contributed by atoms with van der Waals surface area (Å²) < 4.78 is 1.28. The van der Waals surface area contributed by atoms with Crippen LogP contribution in [0.2, 0.25) is 0 Å². The zero-order valence-electron chi connectivity index (χ0n) is 9.08. The maximum Gasteiger partial charge on any atom is 0.0171 e. The Hall–Kier alpha value is 0.260. The minimum atomic E-state index is 0.293. The summed E-state index contributed by atoms with van der Waals surface area (Å²) in [5, 5.41) is 0. The van der Waals surface area contributed by atoms with E-state index in [-0.39, 0.29) is 0 Å². The molecule has 1 atom stereocenters. The third kappa shape index (κ3) is 5.78. The van der Waals surface area contributed by atoms with Gasteiger partial charge in [-0.05, 0) is 58.9 Å². The van der Waals surface area contributed by atoms with Crippen LogP contribution in [0.5, 0.6) is 0 Å². The Balaban J connectivity index is 2.31. The maximum atomic E-state index is 6.06. The molecular formula is C12H18INS. The minimum Gasteiger partial charge on any atom is -0.327 e. The van der Waals surface area contributed by atoms with Crippen LogP contribution in [0.15, 0.2) is 24.3 Å². The molecule has 15 heavy (non-hydrogen) atoms. The van der Waals surface area contributed by atoms with E-state index in [2.05, 4.69) is 53.8 Å². The van der Waals surface area contributed by atoms with Crippen LogP contribution in [0.1, 0.15) is 18.9 Å². The molecule has 0 amide bonds. The Kier molecular flexibility index (Phi) is 6.68. The van der Waals surface area contributed by atoms with Crippen molar-refractivity contribution in [2.75, 3.05) is 11.5 Å². The van der Waals surface area contributed by atoms with Crippen molar-refractivity contribution in [3.8, 4) is 0 Å². The lowest BCUT2D eigenvalue weighted by molar-refractivity contribution is 0.748. The second-order valence-corrected chi connectivity index (χ2v) is 6.06. The van der Waals surface area contributed by atoms with E-state index in [9.17, 15) is 0 Å². The van der Waals surface area contributed by atoms with Crippen LogP contribution < -0.4 is 5.73 Å². The monoisotopic (exact) mass is 335 g/mol. The number of benzene rings is 1. The van der Waals surface area contributed by atoms with Crippen LogP contribution in [0, 0.1) is 3.57 Å². The predicted octanol–water partition coefficient (Wildman–Crippen LogP) is 3.30. The van der Waals surface area contributed by atoms with E-state index in [1.54, 1.807) is 0 Å². The van der Waals surface area contributed by atoms with Gasteiger partial charge in [0.2, 0.25) is 0 Å². The summed E-state index contributed by atoms with van der Waals surface area (Å²) in [4.78, 5) is 0. The third-order valence-corrected chi connectivity index (χ3v) is 4.17. The maximum absolute atomic E-state index is 6.06. The molecular weight excluding hydrogens is 317 g/mol. The molecule has 0 aliphatic rings. The highest BCUT2D eigenvalue weighted by Gasteiger charge is 2.03. The molecule has 1 rings (SSSR count). The third-order valence-electron chi connectivity index (χ3n) is 2.09. The molecule has 1 unspecified atom stereocenters. The fourth-order valence-corrected chi connectivity index (χ4v) is 2.60. The summed E-state index contributed by atoms with van der Waals surface area (Å²) >= 11 is 4.28. The Bertz CT molecular complexity index is 273. The van der Waals surface area contributed by atoms with E-state index in [1.807, 2.05) is 11.8 Å². The highest BCUT2D eigenvalue weighted by Crippen LogP contribution is 2.11. The Labute approximate surface area is 110 Å². The summed E-state index contributed by atoms with van der Waals surface area (Å²) in [6.45, 7) is 2.21. The van der Waals surface area contributed by atoms with Crippen LogP contribution in [0.25, 0.3) is 0 Å². The number of rotatable bonds is 6. The standard InChI is InChI=1S/C12H18INS/c1-2-7-15-9-12(14)8-10-3-5-11(13)6-4-10/h3-6,12H,2,7-9,14H2,1H3. The zero-order valence-corrected chi connectivity index (χ0v) is 12.1. The summed E-state index contributed by atoms with van der Waals surface area (Å²) in [6, 6.07) is 8.92. The molecule has 0 saturated heterocycles. The minimum absolute atomic E-state index is 0.293. The van der Waals surface area contributed by atoms with Crippen LogP contribution in [-0.2, 0) is 6.42 Å². The van der Waals surface area contributed by atoms with Crippen molar-refractivity contribution in [3.05, 3.63) is 33.4 Å². The first-order valence-electron chi connectivity index (χ1n) is 5.30. The van der Waals surface area contributed by atoms with Crippen molar-refractivity contribution in [1.29, 1.82) is 0 Å². The summed E-state index contributed by atoms with van der Waals surface area (Å²) in [6.07, 6.45) is 2.23. The van der Waals surface area contributed by atoms with Crippen LogP contribution in [0.3, 0.4) is 0 Å². The van der Waals surface area contributed by atoms with Gasteiger partial charge in [0.1, 0.15) is 0 Å². The number of thioether (sulfide) groups is 1. The van der Waals surface area contributed by atoms with Gasteiger partial charge in [-0.1, -0.05) is 19.1 Å². The molecule has 2 N–H and O–H groups in total. The van der Waals surface area contributed by atoms with Gasteiger partial charge in [-0.25, -0.2) is 0 Å². The van der Waals surface area contributed by atoms with Gasteiger partial charge < -0.3 is 5.73 Å². The van der Waals surface area contributed by atoms with Gasteiger partial charge in [-0.15, -0.1) is 0 Å². The second-order valence-electron chi connectivity index (χ2n) is 3.67. The van der Waals surface area contributed by atoms with Gasteiger partial charge in [0.05, 0.1) is 0 Å². The molecule has 1 nitrogen and oxygen atoms in total. The molecule has 0 bridgehead atoms. The molecule has 0 aliphatic carbocycles. The Morgan fingerprint density at radius 3 is 2.60 bits per heavy atom. The molecule has 0 radical (unpaired) electrons. The fourth-order valence-electron chi connectivity index (χ4n) is 1.36. The largest absolute Gasteiger partial charge is 0.327 e. The lowest BCUT2D eigenvalue weighted by Crippen LogP contribution is -2.25. The van der Waals surface area contributed by atoms with Gasteiger partial charge in [0.15, 0.2) is 0 Å². The average molecular weight is 335 g/mol.